The second kappa shape index (κ2) is 6.73. The van der Waals surface area contributed by atoms with Gasteiger partial charge in [0.2, 0.25) is 0 Å². The number of halogens is 1. The van der Waals surface area contributed by atoms with Gasteiger partial charge in [0.05, 0.1) is 5.69 Å². The number of aromatic nitrogens is 2. The van der Waals surface area contributed by atoms with Crippen molar-refractivity contribution in [1.82, 2.24) is 15.1 Å². The van der Waals surface area contributed by atoms with Crippen LogP contribution in [0.2, 0.25) is 5.02 Å². The smallest absolute Gasteiger partial charge is 0.0522 e. The highest BCUT2D eigenvalue weighted by Gasteiger charge is 2.06. The number of nitrogens with one attached hydrogen (secondary N) is 1. The second-order valence-electron chi connectivity index (χ2n) is 4.75. The van der Waals surface area contributed by atoms with Gasteiger partial charge in [-0.25, -0.2) is 0 Å². The first-order chi connectivity index (χ1) is 9.19. The number of hydrogen-bond acceptors (Lipinski definition) is 2. The third-order valence-corrected chi connectivity index (χ3v) is 3.40. The van der Waals surface area contributed by atoms with Gasteiger partial charge in [0.25, 0.3) is 0 Å². The molecule has 2 rings (SSSR count). The summed E-state index contributed by atoms with van der Waals surface area (Å²) in [6, 6.07) is 10.5. The van der Waals surface area contributed by atoms with E-state index in [4.69, 9.17) is 11.6 Å². The molecular weight excluding hydrogens is 258 g/mol. The predicted octanol–water partition coefficient (Wildman–Crippen LogP) is 3.28. The van der Waals surface area contributed by atoms with Crippen molar-refractivity contribution in [3.05, 3.63) is 52.8 Å². The number of nitrogens with zero attached hydrogens (tertiary/aromatic N) is 2. The highest BCUT2D eigenvalue weighted by molar-refractivity contribution is 6.30. The average molecular weight is 278 g/mol. The normalized spacial score (nSPS) is 12.6. The van der Waals surface area contributed by atoms with Crippen molar-refractivity contribution in [3.8, 4) is 0 Å². The van der Waals surface area contributed by atoms with Crippen molar-refractivity contribution in [2.45, 2.75) is 39.4 Å². The molecule has 0 fully saturated rings. The largest absolute Gasteiger partial charge is 0.308 e. The minimum absolute atomic E-state index is 0.402. The molecule has 1 N–H and O–H groups in total. The fraction of sp³-hybridized carbons (Fsp3) is 0.400. The molecule has 1 heterocycles. The SMILES string of the molecule is CCn1nccc1CNC(C)Cc1cccc(Cl)c1. The van der Waals surface area contributed by atoms with Crippen LogP contribution in [0.4, 0.5) is 0 Å². The molecule has 0 saturated heterocycles. The summed E-state index contributed by atoms with van der Waals surface area (Å²) in [7, 11) is 0. The Morgan fingerprint density at radius 1 is 1.37 bits per heavy atom. The molecule has 102 valence electrons. The van der Waals surface area contributed by atoms with Crippen LogP contribution in [0, 0.1) is 0 Å². The van der Waals surface area contributed by atoms with Gasteiger partial charge in [0.1, 0.15) is 0 Å². The van der Waals surface area contributed by atoms with Crippen molar-refractivity contribution in [1.29, 1.82) is 0 Å². The van der Waals surface area contributed by atoms with Crippen LogP contribution in [-0.4, -0.2) is 15.8 Å². The van der Waals surface area contributed by atoms with Crippen LogP contribution >= 0.6 is 11.6 Å². The third kappa shape index (κ3) is 4.08. The predicted molar refractivity (Wildman–Crippen MR) is 79.4 cm³/mol. The van der Waals surface area contributed by atoms with Gasteiger partial charge >= 0.3 is 0 Å². The number of benzene rings is 1. The van der Waals surface area contributed by atoms with E-state index in [0.29, 0.717) is 6.04 Å². The zero-order chi connectivity index (χ0) is 13.7. The van der Waals surface area contributed by atoms with E-state index in [1.165, 1.54) is 11.3 Å². The number of hydrogen-bond donors (Lipinski definition) is 1. The molecule has 0 saturated carbocycles. The van der Waals surface area contributed by atoms with Crippen LogP contribution in [0.1, 0.15) is 25.1 Å². The Labute approximate surface area is 119 Å². The van der Waals surface area contributed by atoms with Crippen LogP contribution in [-0.2, 0) is 19.5 Å². The zero-order valence-corrected chi connectivity index (χ0v) is 12.2. The quantitative estimate of drug-likeness (QED) is 0.878. The van der Waals surface area contributed by atoms with E-state index in [2.05, 4.69) is 36.4 Å². The first-order valence-corrected chi connectivity index (χ1v) is 7.05. The maximum atomic E-state index is 5.99. The minimum Gasteiger partial charge on any atom is -0.308 e. The molecule has 0 aliphatic rings. The van der Waals surface area contributed by atoms with Crippen LogP contribution in [0.15, 0.2) is 36.5 Å². The van der Waals surface area contributed by atoms with Gasteiger partial charge in [-0.15, -0.1) is 0 Å². The molecule has 0 spiro atoms. The van der Waals surface area contributed by atoms with Crippen molar-refractivity contribution in [2.24, 2.45) is 0 Å². The molecule has 3 nitrogen and oxygen atoms in total. The lowest BCUT2D eigenvalue weighted by Gasteiger charge is -2.14. The van der Waals surface area contributed by atoms with E-state index in [0.717, 1.165) is 24.5 Å². The Hall–Kier alpha value is -1.32. The van der Waals surface area contributed by atoms with Crippen molar-refractivity contribution >= 4 is 11.6 Å². The Bertz CT molecular complexity index is 522. The number of aryl methyl sites for hydroxylation is 1. The standard InChI is InChI=1S/C15H20ClN3/c1-3-19-15(7-8-18-19)11-17-12(2)9-13-5-4-6-14(16)10-13/h4-8,10,12,17H,3,9,11H2,1-2H3. The lowest BCUT2D eigenvalue weighted by molar-refractivity contribution is 0.514. The van der Waals surface area contributed by atoms with E-state index >= 15 is 0 Å². The van der Waals surface area contributed by atoms with Crippen molar-refractivity contribution in [3.63, 3.8) is 0 Å². The molecule has 0 aliphatic heterocycles. The van der Waals surface area contributed by atoms with Gasteiger partial charge in [0, 0.05) is 30.4 Å². The molecule has 0 bridgehead atoms. The third-order valence-electron chi connectivity index (χ3n) is 3.17. The molecule has 0 aliphatic carbocycles. The summed E-state index contributed by atoms with van der Waals surface area (Å²) in [4.78, 5) is 0. The highest BCUT2D eigenvalue weighted by Crippen LogP contribution is 2.12. The molecular formula is C15H20ClN3. The molecule has 4 heteroatoms. The fourth-order valence-electron chi connectivity index (χ4n) is 2.16. The summed E-state index contributed by atoms with van der Waals surface area (Å²) in [6.07, 6.45) is 2.82. The van der Waals surface area contributed by atoms with Crippen LogP contribution in [0.25, 0.3) is 0 Å². The van der Waals surface area contributed by atoms with E-state index in [9.17, 15) is 0 Å². The Morgan fingerprint density at radius 2 is 2.21 bits per heavy atom. The monoisotopic (exact) mass is 277 g/mol. The molecule has 1 atom stereocenters. The van der Waals surface area contributed by atoms with Crippen molar-refractivity contribution in [2.75, 3.05) is 0 Å². The molecule has 2 aromatic rings. The molecule has 1 aromatic heterocycles. The first kappa shape index (κ1) is 14.1. The Balaban J connectivity index is 1.86. The molecule has 19 heavy (non-hydrogen) atoms. The second-order valence-corrected chi connectivity index (χ2v) is 5.19. The van der Waals surface area contributed by atoms with E-state index < -0.39 is 0 Å². The van der Waals surface area contributed by atoms with E-state index in [-0.39, 0.29) is 0 Å². The Morgan fingerprint density at radius 3 is 2.95 bits per heavy atom. The summed E-state index contributed by atoms with van der Waals surface area (Å²) in [5.41, 5.74) is 2.48. The maximum absolute atomic E-state index is 5.99. The van der Waals surface area contributed by atoms with Gasteiger partial charge in [-0.3, -0.25) is 4.68 Å². The van der Waals surface area contributed by atoms with E-state index in [1.54, 1.807) is 0 Å². The maximum Gasteiger partial charge on any atom is 0.0522 e. The van der Waals surface area contributed by atoms with Crippen molar-refractivity contribution < 1.29 is 0 Å². The van der Waals surface area contributed by atoms with E-state index in [1.807, 2.05) is 29.1 Å². The Kier molecular flexibility index (Phi) is 5.00. The summed E-state index contributed by atoms with van der Waals surface area (Å²) in [6.45, 7) is 6.04. The highest BCUT2D eigenvalue weighted by atomic mass is 35.5. The molecule has 0 amide bonds. The summed E-state index contributed by atoms with van der Waals surface area (Å²) in [5.74, 6) is 0. The lowest BCUT2D eigenvalue weighted by atomic mass is 10.1. The van der Waals surface area contributed by atoms with Gasteiger partial charge in [-0.1, -0.05) is 23.7 Å². The molecule has 1 aromatic carbocycles. The summed E-state index contributed by atoms with van der Waals surface area (Å²) < 4.78 is 2.01. The average Bonchev–Trinajstić information content (AvgIpc) is 2.83. The first-order valence-electron chi connectivity index (χ1n) is 6.67. The summed E-state index contributed by atoms with van der Waals surface area (Å²) in [5, 5.41) is 8.59. The topological polar surface area (TPSA) is 29.9 Å². The van der Waals surface area contributed by atoms with Gasteiger partial charge in [0.15, 0.2) is 0 Å². The summed E-state index contributed by atoms with van der Waals surface area (Å²) >= 11 is 5.99. The number of rotatable bonds is 6. The molecule has 0 radical (unpaired) electrons. The zero-order valence-electron chi connectivity index (χ0n) is 11.4. The van der Waals surface area contributed by atoms with Gasteiger partial charge in [-0.2, -0.15) is 5.10 Å². The van der Waals surface area contributed by atoms with Gasteiger partial charge < -0.3 is 5.32 Å². The van der Waals surface area contributed by atoms with Crippen LogP contribution in [0.5, 0.6) is 0 Å². The van der Waals surface area contributed by atoms with Gasteiger partial charge in [-0.05, 0) is 44.0 Å². The van der Waals surface area contributed by atoms with Crippen LogP contribution in [0.3, 0.4) is 0 Å². The minimum atomic E-state index is 0.402. The fourth-order valence-corrected chi connectivity index (χ4v) is 2.38. The molecule has 1 unspecified atom stereocenters. The van der Waals surface area contributed by atoms with Crippen LogP contribution < -0.4 is 5.32 Å². The lowest BCUT2D eigenvalue weighted by Crippen LogP contribution is -2.28.